The molecule has 0 unspecified atom stereocenters. The Morgan fingerprint density at radius 1 is 1.21 bits per heavy atom. The van der Waals surface area contributed by atoms with Crippen LogP contribution >= 0.6 is 0 Å². The van der Waals surface area contributed by atoms with Crippen LogP contribution in [0.4, 0.5) is 5.82 Å². The summed E-state index contributed by atoms with van der Waals surface area (Å²) >= 11 is 0. The Labute approximate surface area is 115 Å². The Balaban J connectivity index is 2.03. The summed E-state index contributed by atoms with van der Waals surface area (Å²) in [5, 5.41) is 0. The van der Waals surface area contributed by atoms with Crippen LogP contribution < -0.4 is 10.6 Å². The Bertz CT molecular complexity index is 393. The minimum Gasteiger partial charge on any atom is -0.355 e. The Morgan fingerprint density at radius 2 is 2.05 bits per heavy atom. The molecule has 0 saturated carbocycles. The van der Waals surface area contributed by atoms with Crippen LogP contribution in [0.25, 0.3) is 0 Å². The zero-order valence-electron chi connectivity index (χ0n) is 12.0. The molecule has 2 N–H and O–H groups in total. The third-order valence-electron chi connectivity index (χ3n) is 3.62. The minimum absolute atomic E-state index is 0.447. The van der Waals surface area contributed by atoms with Gasteiger partial charge in [0, 0.05) is 44.5 Å². The van der Waals surface area contributed by atoms with E-state index in [1.807, 2.05) is 0 Å². The number of hydrogen-bond donors (Lipinski definition) is 1. The Hall–Kier alpha value is -1.20. The molecule has 1 aliphatic heterocycles. The number of aromatic nitrogens is 2. The maximum absolute atomic E-state index is 5.63. The second kappa shape index (κ2) is 6.82. The standard InChI is InChI=1S/C14H25N5/c1-12(2)13-10-14(17-11-16-13)19-6-3-5-18(7-4-15)8-9-19/h10-12H,3-9,15H2,1-2H3. The van der Waals surface area contributed by atoms with Crippen molar-refractivity contribution < 1.29 is 0 Å². The van der Waals surface area contributed by atoms with Gasteiger partial charge in [-0.25, -0.2) is 9.97 Å². The lowest BCUT2D eigenvalue weighted by Crippen LogP contribution is -2.34. The minimum atomic E-state index is 0.447. The maximum Gasteiger partial charge on any atom is 0.132 e. The highest BCUT2D eigenvalue weighted by Crippen LogP contribution is 2.18. The molecular weight excluding hydrogens is 238 g/mol. The largest absolute Gasteiger partial charge is 0.355 e. The number of nitrogens with zero attached hydrogens (tertiary/aromatic N) is 4. The first kappa shape index (κ1) is 14.2. The highest BCUT2D eigenvalue weighted by atomic mass is 15.2. The van der Waals surface area contributed by atoms with Gasteiger partial charge in [0.1, 0.15) is 12.1 Å². The third-order valence-corrected chi connectivity index (χ3v) is 3.62. The third kappa shape index (κ3) is 3.88. The van der Waals surface area contributed by atoms with Crippen LogP contribution in [0.5, 0.6) is 0 Å². The predicted octanol–water partition coefficient (Wildman–Crippen LogP) is 1.07. The first-order valence-corrected chi connectivity index (χ1v) is 7.20. The van der Waals surface area contributed by atoms with Crippen molar-refractivity contribution in [2.75, 3.05) is 44.2 Å². The van der Waals surface area contributed by atoms with Gasteiger partial charge in [-0.2, -0.15) is 0 Å². The molecule has 0 atom stereocenters. The Kier molecular flexibility index (Phi) is 5.10. The van der Waals surface area contributed by atoms with Gasteiger partial charge in [0.25, 0.3) is 0 Å². The summed E-state index contributed by atoms with van der Waals surface area (Å²) in [6.07, 6.45) is 2.86. The zero-order chi connectivity index (χ0) is 13.7. The average molecular weight is 263 g/mol. The van der Waals surface area contributed by atoms with Crippen LogP contribution in [-0.2, 0) is 0 Å². The monoisotopic (exact) mass is 263 g/mol. The second-order valence-electron chi connectivity index (χ2n) is 5.43. The van der Waals surface area contributed by atoms with Crippen molar-refractivity contribution in [1.82, 2.24) is 14.9 Å². The summed E-state index contributed by atoms with van der Waals surface area (Å²) in [5.74, 6) is 1.51. The van der Waals surface area contributed by atoms with Gasteiger partial charge in [0.2, 0.25) is 0 Å². The molecule has 1 aliphatic rings. The molecule has 0 amide bonds. The lowest BCUT2D eigenvalue weighted by atomic mass is 10.1. The van der Waals surface area contributed by atoms with Crippen molar-refractivity contribution in [1.29, 1.82) is 0 Å². The van der Waals surface area contributed by atoms with Gasteiger partial charge < -0.3 is 15.5 Å². The van der Waals surface area contributed by atoms with Crippen molar-refractivity contribution in [3.63, 3.8) is 0 Å². The molecule has 19 heavy (non-hydrogen) atoms. The lowest BCUT2D eigenvalue weighted by molar-refractivity contribution is 0.302. The highest BCUT2D eigenvalue weighted by Gasteiger charge is 2.16. The molecule has 106 valence electrons. The molecule has 1 aromatic heterocycles. The van der Waals surface area contributed by atoms with E-state index in [1.54, 1.807) is 6.33 Å². The molecule has 0 spiro atoms. The van der Waals surface area contributed by atoms with Crippen molar-refractivity contribution >= 4 is 5.82 Å². The van der Waals surface area contributed by atoms with E-state index in [0.29, 0.717) is 5.92 Å². The van der Waals surface area contributed by atoms with E-state index in [2.05, 4.69) is 39.7 Å². The second-order valence-corrected chi connectivity index (χ2v) is 5.43. The fraction of sp³-hybridized carbons (Fsp3) is 0.714. The molecule has 2 rings (SSSR count). The van der Waals surface area contributed by atoms with Gasteiger partial charge in [0.15, 0.2) is 0 Å². The molecule has 0 aliphatic carbocycles. The molecule has 5 heteroatoms. The lowest BCUT2D eigenvalue weighted by Gasteiger charge is -2.23. The normalized spacial score (nSPS) is 17.8. The van der Waals surface area contributed by atoms with E-state index < -0.39 is 0 Å². The molecule has 5 nitrogen and oxygen atoms in total. The molecule has 0 radical (unpaired) electrons. The van der Waals surface area contributed by atoms with Crippen molar-refractivity contribution in [3.05, 3.63) is 18.1 Å². The smallest absolute Gasteiger partial charge is 0.132 e. The van der Waals surface area contributed by atoms with E-state index in [4.69, 9.17) is 5.73 Å². The van der Waals surface area contributed by atoms with Gasteiger partial charge in [-0.3, -0.25) is 0 Å². The summed E-state index contributed by atoms with van der Waals surface area (Å²) in [6, 6.07) is 2.13. The van der Waals surface area contributed by atoms with Crippen LogP contribution in [0.1, 0.15) is 31.9 Å². The number of anilines is 1. The number of hydrogen-bond acceptors (Lipinski definition) is 5. The first-order chi connectivity index (χ1) is 9.20. The summed E-state index contributed by atoms with van der Waals surface area (Å²) in [7, 11) is 0. The van der Waals surface area contributed by atoms with Crippen LogP contribution in [0, 0.1) is 0 Å². The van der Waals surface area contributed by atoms with Crippen LogP contribution in [0.3, 0.4) is 0 Å². The molecule has 0 bridgehead atoms. The Morgan fingerprint density at radius 3 is 2.79 bits per heavy atom. The summed E-state index contributed by atoms with van der Waals surface area (Å²) < 4.78 is 0. The van der Waals surface area contributed by atoms with Gasteiger partial charge in [-0.15, -0.1) is 0 Å². The van der Waals surface area contributed by atoms with E-state index in [1.165, 1.54) is 6.42 Å². The maximum atomic E-state index is 5.63. The van der Waals surface area contributed by atoms with E-state index in [0.717, 1.165) is 50.8 Å². The molecule has 1 fully saturated rings. The number of nitrogens with two attached hydrogens (primary N) is 1. The molecule has 2 heterocycles. The van der Waals surface area contributed by atoms with Gasteiger partial charge >= 0.3 is 0 Å². The number of rotatable bonds is 4. The van der Waals surface area contributed by atoms with Gasteiger partial charge in [-0.1, -0.05) is 13.8 Å². The molecule has 1 saturated heterocycles. The summed E-state index contributed by atoms with van der Waals surface area (Å²) in [4.78, 5) is 13.6. The fourth-order valence-corrected chi connectivity index (χ4v) is 2.46. The highest BCUT2D eigenvalue weighted by molar-refractivity contribution is 5.39. The molecular formula is C14H25N5. The topological polar surface area (TPSA) is 58.3 Å². The SMILES string of the molecule is CC(C)c1cc(N2CCCN(CCN)CC2)ncn1. The van der Waals surface area contributed by atoms with Crippen molar-refractivity contribution in [3.8, 4) is 0 Å². The van der Waals surface area contributed by atoms with E-state index >= 15 is 0 Å². The summed E-state index contributed by atoms with van der Waals surface area (Å²) in [5.41, 5.74) is 6.75. The van der Waals surface area contributed by atoms with Gasteiger partial charge in [-0.05, 0) is 18.9 Å². The molecule has 0 aromatic carbocycles. The molecule has 1 aromatic rings. The zero-order valence-corrected chi connectivity index (χ0v) is 12.0. The van der Waals surface area contributed by atoms with Crippen molar-refractivity contribution in [2.24, 2.45) is 5.73 Å². The van der Waals surface area contributed by atoms with Crippen LogP contribution in [0.2, 0.25) is 0 Å². The fourth-order valence-electron chi connectivity index (χ4n) is 2.46. The summed E-state index contributed by atoms with van der Waals surface area (Å²) in [6.45, 7) is 10.4. The van der Waals surface area contributed by atoms with Crippen molar-refractivity contribution in [2.45, 2.75) is 26.2 Å². The predicted molar refractivity (Wildman–Crippen MR) is 78.4 cm³/mol. The van der Waals surface area contributed by atoms with E-state index in [9.17, 15) is 0 Å². The first-order valence-electron chi connectivity index (χ1n) is 7.20. The van der Waals surface area contributed by atoms with Gasteiger partial charge in [0.05, 0.1) is 0 Å². The van der Waals surface area contributed by atoms with Crippen LogP contribution in [-0.4, -0.2) is 54.1 Å². The van der Waals surface area contributed by atoms with E-state index in [-0.39, 0.29) is 0 Å². The quantitative estimate of drug-likeness (QED) is 0.880. The average Bonchev–Trinajstić information content (AvgIpc) is 2.65. The van der Waals surface area contributed by atoms with Crippen LogP contribution in [0.15, 0.2) is 12.4 Å².